The van der Waals surface area contributed by atoms with Gasteiger partial charge >= 0.3 is 0 Å². The average molecular weight is 346 g/mol. The number of hydrogen-bond acceptors (Lipinski definition) is 3. The second-order valence-corrected chi connectivity index (χ2v) is 7.72. The van der Waals surface area contributed by atoms with Gasteiger partial charge in [-0.25, -0.2) is 4.39 Å². The lowest BCUT2D eigenvalue weighted by Gasteiger charge is -2.28. The number of amides is 1. The monoisotopic (exact) mass is 346 g/mol. The topological polar surface area (TPSA) is 32.8 Å². The van der Waals surface area contributed by atoms with Crippen LogP contribution in [0.25, 0.3) is 0 Å². The zero-order valence-corrected chi connectivity index (χ0v) is 14.7. The summed E-state index contributed by atoms with van der Waals surface area (Å²) >= 11 is 0. The highest BCUT2D eigenvalue weighted by atomic mass is 19.1. The Kier molecular flexibility index (Phi) is 4.93. The van der Waals surface area contributed by atoms with Crippen LogP contribution >= 0.6 is 0 Å². The molecule has 1 saturated carbocycles. The van der Waals surface area contributed by atoms with Crippen molar-refractivity contribution in [3.05, 3.63) is 30.1 Å². The predicted molar refractivity (Wildman–Crippen MR) is 93.9 cm³/mol. The highest BCUT2D eigenvalue weighted by molar-refractivity contribution is 5.78. The molecule has 0 bridgehead atoms. The summed E-state index contributed by atoms with van der Waals surface area (Å²) in [6.45, 7) is 4.25. The van der Waals surface area contributed by atoms with Gasteiger partial charge in [-0.05, 0) is 56.8 Å². The van der Waals surface area contributed by atoms with E-state index in [0.717, 1.165) is 39.0 Å². The molecule has 2 saturated heterocycles. The van der Waals surface area contributed by atoms with Crippen LogP contribution in [0.1, 0.15) is 32.1 Å². The van der Waals surface area contributed by atoms with Crippen molar-refractivity contribution in [2.24, 2.45) is 11.8 Å². The summed E-state index contributed by atoms with van der Waals surface area (Å²) in [5.41, 5.74) is 0. The summed E-state index contributed by atoms with van der Waals surface area (Å²) < 4.78 is 19.8. The average Bonchev–Trinajstić information content (AvgIpc) is 3.20. The highest BCUT2D eigenvalue weighted by Gasteiger charge is 2.45. The second kappa shape index (κ2) is 7.32. The highest BCUT2D eigenvalue weighted by Crippen LogP contribution is 2.40. The van der Waals surface area contributed by atoms with Crippen LogP contribution in [0.15, 0.2) is 24.3 Å². The van der Waals surface area contributed by atoms with Crippen LogP contribution in [-0.2, 0) is 4.79 Å². The van der Waals surface area contributed by atoms with Crippen LogP contribution in [0.4, 0.5) is 4.39 Å². The Balaban J connectivity index is 1.34. The first-order chi connectivity index (χ1) is 12.2. The Bertz CT molecular complexity index is 617. The molecule has 4 nitrogen and oxygen atoms in total. The van der Waals surface area contributed by atoms with Gasteiger partial charge in [0.05, 0.1) is 6.54 Å². The van der Waals surface area contributed by atoms with Crippen molar-refractivity contribution < 1.29 is 13.9 Å². The van der Waals surface area contributed by atoms with Gasteiger partial charge in [-0.2, -0.15) is 0 Å². The minimum atomic E-state index is -0.304. The molecular formula is C20H27FN2O2. The molecule has 3 fully saturated rings. The van der Waals surface area contributed by atoms with Crippen LogP contribution in [0.3, 0.4) is 0 Å². The number of benzene rings is 1. The van der Waals surface area contributed by atoms with Crippen LogP contribution in [0.5, 0.6) is 5.75 Å². The Morgan fingerprint density at radius 2 is 1.92 bits per heavy atom. The molecule has 0 unspecified atom stereocenters. The molecule has 0 radical (unpaired) electrons. The number of para-hydroxylation sites is 1. The number of halogens is 1. The summed E-state index contributed by atoms with van der Waals surface area (Å²) in [5.74, 6) is 1.13. The van der Waals surface area contributed by atoms with Crippen LogP contribution in [0.2, 0.25) is 0 Å². The largest absolute Gasteiger partial charge is 0.487 e. The second-order valence-electron chi connectivity index (χ2n) is 7.72. The van der Waals surface area contributed by atoms with Crippen LogP contribution in [-0.4, -0.2) is 54.5 Å². The Morgan fingerprint density at radius 3 is 2.72 bits per heavy atom. The molecule has 0 N–H and O–H groups in total. The van der Waals surface area contributed by atoms with Crippen molar-refractivity contribution in [2.45, 2.75) is 38.2 Å². The minimum Gasteiger partial charge on any atom is -0.487 e. The lowest BCUT2D eigenvalue weighted by Crippen LogP contribution is -2.42. The minimum absolute atomic E-state index is 0.0229. The van der Waals surface area contributed by atoms with E-state index in [1.807, 2.05) is 4.90 Å². The number of likely N-dealkylation sites (tertiary alicyclic amines) is 2. The van der Waals surface area contributed by atoms with E-state index in [1.54, 1.807) is 18.2 Å². The molecule has 3 atom stereocenters. The van der Waals surface area contributed by atoms with Crippen molar-refractivity contribution in [1.82, 2.24) is 9.80 Å². The summed E-state index contributed by atoms with van der Waals surface area (Å²) in [4.78, 5) is 16.9. The number of piperidine rings is 1. The van der Waals surface area contributed by atoms with E-state index in [1.165, 1.54) is 25.3 Å². The molecule has 1 aromatic carbocycles. The smallest absolute Gasteiger partial charge is 0.236 e. The summed E-state index contributed by atoms with van der Waals surface area (Å²) in [6, 6.07) is 6.60. The maximum absolute atomic E-state index is 13.9. The van der Waals surface area contributed by atoms with Crippen molar-refractivity contribution in [3.8, 4) is 5.75 Å². The number of nitrogens with zero attached hydrogens (tertiary/aromatic N) is 2. The Labute approximate surface area is 148 Å². The number of carbonyl (C=O) groups is 1. The molecule has 3 aliphatic rings. The quantitative estimate of drug-likeness (QED) is 0.840. The number of ether oxygens (including phenoxy) is 1. The fourth-order valence-electron chi connectivity index (χ4n) is 4.68. The maximum Gasteiger partial charge on any atom is 0.236 e. The molecule has 0 aromatic heterocycles. The van der Waals surface area contributed by atoms with Crippen molar-refractivity contribution in [1.29, 1.82) is 0 Å². The van der Waals surface area contributed by atoms with Crippen molar-refractivity contribution >= 4 is 5.91 Å². The third-order valence-corrected chi connectivity index (χ3v) is 6.07. The van der Waals surface area contributed by atoms with E-state index in [2.05, 4.69) is 4.90 Å². The van der Waals surface area contributed by atoms with Gasteiger partial charge in [-0.1, -0.05) is 18.6 Å². The summed E-state index contributed by atoms with van der Waals surface area (Å²) in [5, 5.41) is 0. The zero-order chi connectivity index (χ0) is 17.2. The molecule has 2 aliphatic heterocycles. The lowest BCUT2D eigenvalue weighted by atomic mass is 9.99. The summed E-state index contributed by atoms with van der Waals surface area (Å²) in [6.07, 6.45) is 5.74. The molecule has 4 rings (SSSR count). The number of hydrogen-bond donors (Lipinski definition) is 0. The van der Waals surface area contributed by atoms with E-state index < -0.39 is 0 Å². The van der Waals surface area contributed by atoms with E-state index >= 15 is 0 Å². The molecular weight excluding hydrogens is 319 g/mol. The van der Waals surface area contributed by atoms with Gasteiger partial charge in [-0.15, -0.1) is 0 Å². The first kappa shape index (κ1) is 16.8. The third-order valence-electron chi connectivity index (χ3n) is 6.07. The van der Waals surface area contributed by atoms with Gasteiger partial charge in [0.15, 0.2) is 11.6 Å². The molecule has 2 heterocycles. The van der Waals surface area contributed by atoms with Gasteiger partial charge in [0, 0.05) is 19.0 Å². The van der Waals surface area contributed by atoms with Crippen LogP contribution < -0.4 is 4.74 Å². The number of carbonyl (C=O) groups excluding carboxylic acids is 1. The fourth-order valence-corrected chi connectivity index (χ4v) is 4.68. The first-order valence-electron chi connectivity index (χ1n) is 9.62. The SMILES string of the molecule is O=C(CN1CCCCC1)N1C[C@@H]2CC[C@H](Oc3ccccc3F)[C@@H]2C1. The standard InChI is InChI=1S/C20H27FN2O2/c21-17-6-2-3-7-19(17)25-18-9-8-15-12-23(13-16(15)18)20(24)14-22-10-4-1-5-11-22/h2-3,6-7,15-16,18H,1,4-5,8-14H2/t15-,16+,18-/m0/s1. The van der Waals surface area contributed by atoms with Crippen molar-refractivity contribution in [3.63, 3.8) is 0 Å². The molecule has 1 amide bonds. The maximum atomic E-state index is 13.9. The number of rotatable bonds is 4. The molecule has 1 aliphatic carbocycles. The van der Waals surface area contributed by atoms with Crippen molar-refractivity contribution in [2.75, 3.05) is 32.7 Å². The molecule has 136 valence electrons. The van der Waals surface area contributed by atoms with Gasteiger partial charge in [0.1, 0.15) is 6.10 Å². The normalized spacial score (nSPS) is 29.6. The van der Waals surface area contributed by atoms with E-state index in [9.17, 15) is 9.18 Å². The van der Waals surface area contributed by atoms with Gasteiger partial charge in [0.2, 0.25) is 5.91 Å². The number of fused-ring (bicyclic) bond motifs is 1. The van der Waals surface area contributed by atoms with Crippen LogP contribution in [0, 0.1) is 17.7 Å². The van der Waals surface area contributed by atoms with E-state index in [-0.39, 0.29) is 17.8 Å². The predicted octanol–water partition coefficient (Wildman–Crippen LogP) is 2.93. The molecule has 1 aromatic rings. The van der Waals surface area contributed by atoms with E-state index in [4.69, 9.17) is 4.74 Å². The molecule has 25 heavy (non-hydrogen) atoms. The lowest BCUT2D eigenvalue weighted by molar-refractivity contribution is -0.132. The summed E-state index contributed by atoms with van der Waals surface area (Å²) in [7, 11) is 0. The molecule has 0 spiro atoms. The van der Waals surface area contributed by atoms with Gasteiger partial charge < -0.3 is 9.64 Å². The zero-order valence-electron chi connectivity index (χ0n) is 14.7. The molecule has 5 heteroatoms. The fraction of sp³-hybridized carbons (Fsp3) is 0.650. The van der Waals surface area contributed by atoms with Gasteiger partial charge in [-0.3, -0.25) is 9.69 Å². The Hall–Kier alpha value is -1.62. The Morgan fingerprint density at radius 1 is 1.12 bits per heavy atom. The first-order valence-corrected chi connectivity index (χ1v) is 9.62. The van der Waals surface area contributed by atoms with Gasteiger partial charge in [0.25, 0.3) is 0 Å². The third kappa shape index (κ3) is 3.66. The van der Waals surface area contributed by atoms with E-state index in [0.29, 0.717) is 24.1 Å².